The van der Waals surface area contributed by atoms with Gasteiger partial charge in [0.1, 0.15) is 0 Å². The van der Waals surface area contributed by atoms with E-state index in [1.807, 2.05) is 49.5 Å². The van der Waals surface area contributed by atoms with Crippen LogP contribution in [0.2, 0.25) is 0 Å². The Morgan fingerprint density at radius 2 is 2.04 bits per heavy atom. The fraction of sp³-hybridized carbons (Fsp3) is 0.294. The lowest BCUT2D eigenvalue weighted by Crippen LogP contribution is -2.33. The molecule has 3 aromatic rings. The molecule has 0 aliphatic carbocycles. The molecule has 24 heavy (non-hydrogen) atoms. The summed E-state index contributed by atoms with van der Waals surface area (Å²) >= 11 is 0. The van der Waals surface area contributed by atoms with Crippen LogP contribution < -0.4 is 0 Å². The first-order chi connectivity index (χ1) is 11.6. The topological polar surface area (TPSA) is 77.1 Å². The van der Waals surface area contributed by atoms with E-state index in [2.05, 4.69) is 15.3 Å². The van der Waals surface area contributed by atoms with Gasteiger partial charge in [-0.2, -0.15) is 5.10 Å². The Kier molecular flexibility index (Phi) is 4.69. The van der Waals surface area contributed by atoms with Crippen molar-refractivity contribution in [2.24, 2.45) is 5.92 Å². The van der Waals surface area contributed by atoms with Gasteiger partial charge in [-0.3, -0.25) is 9.48 Å². The number of benzene rings is 1. The predicted octanol–water partition coefficient (Wildman–Crippen LogP) is 2.23. The monoisotopic (exact) mass is 325 g/mol. The molecule has 2 aromatic heterocycles. The molecule has 0 unspecified atom stereocenters. The molecule has 0 saturated carbocycles. The van der Waals surface area contributed by atoms with Gasteiger partial charge in [0.05, 0.1) is 19.0 Å². The van der Waals surface area contributed by atoms with Crippen molar-refractivity contribution in [3.63, 3.8) is 0 Å². The molecule has 1 aromatic carbocycles. The summed E-state index contributed by atoms with van der Waals surface area (Å²) in [7, 11) is 1.73. The van der Waals surface area contributed by atoms with E-state index in [0.717, 1.165) is 5.56 Å². The zero-order valence-electron chi connectivity index (χ0n) is 13.7. The number of hydrogen-bond acceptors (Lipinski definition) is 5. The van der Waals surface area contributed by atoms with Crippen LogP contribution in [0.3, 0.4) is 0 Å². The van der Waals surface area contributed by atoms with Gasteiger partial charge in [-0.25, -0.2) is 0 Å². The highest BCUT2D eigenvalue weighted by atomic mass is 16.4. The number of hydrogen-bond donors (Lipinski definition) is 0. The summed E-state index contributed by atoms with van der Waals surface area (Å²) in [6, 6.07) is 11.4. The van der Waals surface area contributed by atoms with Gasteiger partial charge in [0.25, 0.3) is 0 Å². The van der Waals surface area contributed by atoms with E-state index >= 15 is 0 Å². The van der Waals surface area contributed by atoms with Crippen molar-refractivity contribution in [1.29, 1.82) is 0 Å². The van der Waals surface area contributed by atoms with Crippen LogP contribution in [0.15, 0.2) is 53.2 Å². The van der Waals surface area contributed by atoms with Gasteiger partial charge in [-0.05, 0) is 18.2 Å². The number of rotatable bonds is 6. The lowest BCUT2D eigenvalue weighted by atomic mass is 10.1. The summed E-state index contributed by atoms with van der Waals surface area (Å²) in [6.45, 7) is 2.70. The highest BCUT2D eigenvalue weighted by molar-refractivity contribution is 5.78. The predicted molar refractivity (Wildman–Crippen MR) is 87.6 cm³/mol. The van der Waals surface area contributed by atoms with Gasteiger partial charge in [0.15, 0.2) is 0 Å². The van der Waals surface area contributed by atoms with Gasteiger partial charge in [0, 0.05) is 25.0 Å². The van der Waals surface area contributed by atoms with Crippen LogP contribution in [0.4, 0.5) is 0 Å². The number of carbonyl (C=O) groups is 1. The molecule has 0 radical (unpaired) electrons. The van der Waals surface area contributed by atoms with E-state index in [1.54, 1.807) is 22.8 Å². The lowest BCUT2D eigenvalue weighted by molar-refractivity contribution is -0.135. The third-order valence-corrected chi connectivity index (χ3v) is 3.68. The molecular weight excluding hydrogens is 306 g/mol. The zero-order chi connectivity index (χ0) is 16.9. The first-order valence-corrected chi connectivity index (χ1v) is 7.73. The SMILES string of the molecule is C[C@@H](Cn1cccn1)C(=O)N(C)Cc1nnc(-c2ccccc2)o1. The van der Waals surface area contributed by atoms with E-state index in [1.165, 1.54) is 0 Å². The van der Waals surface area contributed by atoms with Crippen molar-refractivity contribution >= 4 is 5.91 Å². The average Bonchev–Trinajstić information content (AvgIpc) is 3.27. The molecule has 0 aliphatic heterocycles. The molecule has 1 amide bonds. The molecule has 0 spiro atoms. The molecule has 124 valence electrons. The highest BCUT2D eigenvalue weighted by Gasteiger charge is 2.20. The normalized spacial score (nSPS) is 12.1. The second-order valence-electron chi connectivity index (χ2n) is 5.69. The van der Waals surface area contributed by atoms with Crippen LogP contribution in [0.1, 0.15) is 12.8 Å². The minimum Gasteiger partial charge on any atom is -0.419 e. The molecule has 0 fully saturated rings. The Labute approximate surface area is 139 Å². The molecule has 0 saturated heterocycles. The number of nitrogens with zero attached hydrogens (tertiary/aromatic N) is 5. The molecule has 3 rings (SSSR count). The van der Waals surface area contributed by atoms with Gasteiger partial charge in [-0.15, -0.1) is 10.2 Å². The quantitative estimate of drug-likeness (QED) is 0.694. The fourth-order valence-corrected chi connectivity index (χ4v) is 2.44. The van der Waals surface area contributed by atoms with E-state index in [4.69, 9.17) is 4.42 Å². The summed E-state index contributed by atoms with van der Waals surface area (Å²) in [6.07, 6.45) is 3.54. The van der Waals surface area contributed by atoms with Crippen molar-refractivity contribution in [2.45, 2.75) is 20.0 Å². The van der Waals surface area contributed by atoms with Gasteiger partial charge in [0.2, 0.25) is 17.7 Å². The smallest absolute Gasteiger partial charge is 0.247 e. The van der Waals surface area contributed by atoms with Gasteiger partial charge in [-0.1, -0.05) is 25.1 Å². The van der Waals surface area contributed by atoms with E-state index < -0.39 is 0 Å². The van der Waals surface area contributed by atoms with E-state index in [9.17, 15) is 4.79 Å². The summed E-state index contributed by atoms with van der Waals surface area (Å²) in [5, 5.41) is 12.2. The molecule has 0 N–H and O–H groups in total. The van der Waals surface area contributed by atoms with Gasteiger partial charge >= 0.3 is 0 Å². The molecule has 0 aliphatic rings. The van der Waals surface area contributed by atoms with Crippen molar-refractivity contribution in [1.82, 2.24) is 24.9 Å². The minimum atomic E-state index is -0.189. The average molecular weight is 325 g/mol. The maximum Gasteiger partial charge on any atom is 0.247 e. The maximum atomic E-state index is 12.4. The first kappa shape index (κ1) is 15.9. The first-order valence-electron chi connectivity index (χ1n) is 7.73. The van der Waals surface area contributed by atoms with Crippen molar-refractivity contribution in [2.75, 3.05) is 7.05 Å². The number of amides is 1. The van der Waals surface area contributed by atoms with Crippen molar-refractivity contribution in [3.8, 4) is 11.5 Å². The van der Waals surface area contributed by atoms with E-state index in [-0.39, 0.29) is 18.4 Å². The molecule has 2 heterocycles. The van der Waals surface area contributed by atoms with Crippen molar-refractivity contribution in [3.05, 3.63) is 54.7 Å². The van der Waals surface area contributed by atoms with E-state index in [0.29, 0.717) is 18.3 Å². The third kappa shape index (κ3) is 3.68. The Morgan fingerprint density at radius 1 is 1.25 bits per heavy atom. The van der Waals surface area contributed by atoms with Crippen LogP contribution in [0.25, 0.3) is 11.5 Å². The van der Waals surface area contributed by atoms with Gasteiger partial charge < -0.3 is 9.32 Å². The third-order valence-electron chi connectivity index (χ3n) is 3.68. The van der Waals surface area contributed by atoms with Crippen LogP contribution >= 0.6 is 0 Å². The number of aromatic nitrogens is 4. The van der Waals surface area contributed by atoms with Crippen molar-refractivity contribution < 1.29 is 9.21 Å². The number of carbonyl (C=O) groups excluding carboxylic acids is 1. The maximum absolute atomic E-state index is 12.4. The zero-order valence-corrected chi connectivity index (χ0v) is 13.7. The Bertz CT molecular complexity index is 782. The van der Waals surface area contributed by atoms with Crippen LogP contribution in [-0.2, 0) is 17.9 Å². The fourth-order valence-electron chi connectivity index (χ4n) is 2.44. The summed E-state index contributed by atoms with van der Waals surface area (Å²) in [5.41, 5.74) is 0.859. The lowest BCUT2D eigenvalue weighted by Gasteiger charge is -2.19. The largest absolute Gasteiger partial charge is 0.419 e. The minimum absolute atomic E-state index is 0.00459. The summed E-state index contributed by atoms with van der Waals surface area (Å²) < 4.78 is 7.39. The second-order valence-corrected chi connectivity index (χ2v) is 5.69. The molecule has 1 atom stereocenters. The van der Waals surface area contributed by atoms with Crippen LogP contribution in [0.5, 0.6) is 0 Å². The highest BCUT2D eigenvalue weighted by Crippen LogP contribution is 2.17. The second kappa shape index (κ2) is 7.08. The standard InChI is InChI=1S/C17H19N5O2/c1-13(11-22-10-6-9-18-22)17(23)21(2)12-15-19-20-16(24-15)14-7-4-3-5-8-14/h3-10,13H,11-12H2,1-2H3/t13-/m0/s1. The Balaban J connectivity index is 1.61. The Morgan fingerprint density at radius 3 is 2.75 bits per heavy atom. The Hall–Kier alpha value is -2.96. The molecular formula is C17H19N5O2. The van der Waals surface area contributed by atoms with Crippen LogP contribution in [-0.4, -0.2) is 37.8 Å². The molecule has 7 nitrogen and oxygen atoms in total. The van der Waals surface area contributed by atoms with Crippen LogP contribution in [0, 0.1) is 5.92 Å². The molecule has 7 heteroatoms. The summed E-state index contributed by atoms with van der Waals surface area (Å²) in [4.78, 5) is 14.0. The summed E-state index contributed by atoms with van der Waals surface area (Å²) in [5.74, 6) is 0.684. The molecule has 0 bridgehead atoms.